The van der Waals surface area contributed by atoms with Crippen molar-refractivity contribution in [2.75, 3.05) is 20.2 Å². The highest BCUT2D eigenvalue weighted by Gasteiger charge is 2.41. The van der Waals surface area contributed by atoms with E-state index in [4.69, 9.17) is 4.74 Å². The number of rotatable bonds is 6. The normalized spacial score (nSPS) is 21.0. The van der Waals surface area contributed by atoms with Crippen molar-refractivity contribution in [1.29, 1.82) is 0 Å². The molecule has 158 valence electrons. The van der Waals surface area contributed by atoms with E-state index >= 15 is 0 Å². The molecular formula is C24H29N3O3. The fraction of sp³-hybridized carbons (Fsp3) is 0.500. The molecule has 0 N–H and O–H groups in total. The molecule has 2 amide bonds. The first-order chi connectivity index (χ1) is 14.7. The number of amides is 2. The fourth-order valence-corrected chi connectivity index (χ4v) is 4.77. The summed E-state index contributed by atoms with van der Waals surface area (Å²) in [6.07, 6.45) is 7.17. The second-order valence-electron chi connectivity index (χ2n) is 8.68. The molecule has 0 bridgehead atoms. The smallest absolute Gasteiger partial charge is 0.243 e. The summed E-state index contributed by atoms with van der Waals surface area (Å²) < 4.78 is 7.84. The monoisotopic (exact) mass is 407 g/mol. The number of hydrogen-bond acceptors (Lipinski definition) is 3. The minimum Gasteiger partial charge on any atom is -0.496 e. The van der Waals surface area contributed by atoms with E-state index in [2.05, 4.69) is 16.8 Å². The van der Waals surface area contributed by atoms with Gasteiger partial charge in [0.15, 0.2) is 0 Å². The molecule has 6 heteroatoms. The molecule has 3 aliphatic rings. The minimum absolute atomic E-state index is 0.0259. The molecule has 5 rings (SSSR count). The van der Waals surface area contributed by atoms with Gasteiger partial charge in [-0.1, -0.05) is 24.6 Å². The largest absolute Gasteiger partial charge is 0.496 e. The summed E-state index contributed by atoms with van der Waals surface area (Å²) in [7, 11) is 1.67. The average molecular weight is 408 g/mol. The van der Waals surface area contributed by atoms with Gasteiger partial charge in [-0.05, 0) is 43.9 Å². The maximum Gasteiger partial charge on any atom is 0.243 e. The minimum atomic E-state index is -0.211. The fourth-order valence-electron chi connectivity index (χ4n) is 4.77. The van der Waals surface area contributed by atoms with E-state index < -0.39 is 0 Å². The van der Waals surface area contributed by atoms with Gasteiger partial charge in [0.05, 0.1) is 7.11 Å². The molecule has 2 aromatic rings. The third kappa shape index (κ3) is 3.38. The molecule has 6 nitrogen and oxygen atoms in total. The van der Waals surface area contributed by atoms with Crippen LogP contribution in [0.4, 0.5) is 0 Å². The summed E-state index contributed by atoms with van der Waals surface area (Å²) in [6.45, 7) is 1.57. The SMILES string of the molecule is COc1ccccc1C1c2cccn2CCN1C(=O)CN(C(=O)C1CCC1)C1CC1. The van der Waals surface area contributed by atoms with Crippen molar-refractivity contribution in [3.63, 3.8) is 0 Å². The van der Waals surface area contributed by atoms with E-state index in [9.17, 15) is 9.59 Å². The van der Waals surface area contributed by atoms with Gasteiger partial charge in [-0.25, -0.2) is 0 Å². The zero-order valence-corrected chi connectivity index (χ0v) is 17.5. The Labute approximate surface area is 177 Å². The zero-order chi connectivity index (χ0) is 20.7. The van der Waals surface area contributed by atoms with Crippen LogP contribution in [0.15, 0.2) is 42.6 Å². The maximum absolute atomic E-state index is 13.6. The first kappa shape index (κ1) is 19.2. The standard InChI is InChI=1S/C24H29N3O3/c1-30-21-10-3-2-8-19(21)23-20-9-5-13-25(20)14-15-26(23)22(28)16-27(18-11-12-18)24(29)17-6-4-7-17/h2-3,5,8-10,13,17-18,23H,4,6-7,11-12,14-16H2,1H3. The van der Waals surface area contributed by atoms with E-state index in [0.717, 1.165) is 55.7 Å². The quantitative estimate of drug-likeness (QED) is 0.739. The molecule has 2 fully saturated rings. The number of ether oxygens (including phenoxy) is 1. The van der Waals surface area contributed by atoms with Crippen molar-refractivity contribution >= 4 is 11.8 Å². The number of fused-ring (bicyclic) bond motifs is 1. The summed E-state index contributed by atoms with van der Waals surface area (Å²) in [6, 6.07) is 12.1. The van der Waals surface area contributed by atoms with Gasteiger partial charge in [-0.15, -0.1) is 0 Å². The molecule has 2 heterocycles. The number of benzene rings is 1. The molecule has 0 spiro atoms. The molecule has 2 saturated carbocycles. The summed E-state index contributed by atoms with van der Waals surface area (Å²) in [5, 5.41) is 0. The molecule has 1 unspecified atom stereocenters. The van der Waals surface area contributed by atoms with E-state index in [1.807, 2.05) is 40.1 Å². The van der Waals surface area contributed by atoms with Gasteiger partial charge in [0.2, 0.25) is 11.8 Å². The van der Waals surface area contributed by atoms with Crippen LogP contribution in [-0.2, 0) is 16.1 Å². The van der Waals surface area contributed by atoms with E-state index in [1.165, 1.54) is 0 Å². The van der Waals surface area contributed by atoms with Crippen LogP contribution in [0, 0.1) is 5.92 Å². The summed E-state index contributed by atoms with van der Waals surface area (Å²) >= 11 is 0. The Morgan fingerprint density at radius 2 is 1.87 bits per heavy atom. The number of carbonyl (C=O) groups is 2. The summed E-state index contributed by atoms with van der Waals surface area (Å²) in [5.41, 5.74) is 2.07. The molecule has 1 aromatic carbocycles. The Hall–Kier alpha value is -2.76. The number of methoxy groups -OCH3 is 1. The van der Waals surface area contributed by atoms with E-state index in [-0.39, 0.29) is 36.4 Å². The average Bonchev–Trinajstić information content (AvgIpc) is 3.45. The Morgan fingerprint density at radius 1 is 1.07 bits per heavy atom. The predicted molar refractivity (Wildman–Crippen MR) is 113 cm³/mol. The lowest BCUT2D eigenvalue weighted by atomic mass is 9.84. The molecule has 1 aliphatic heterocycles. The Morgan fingerprint density at radius 3 is 2.57 bits per heavy atom. The Bertz CT molecular complexity index is 945. The third-order valence-electron chi connectivity index (χ3n) is 6.82. The van der Waals surface area contributed by atoms with Crippen LogP contribution in [0.5, 0.6) is 5.75 Å². The molecule has 0 saturated heterocycles. The second-order valence-corrected chi connectivity index (χ2v) is 8.68. The number of carbonyl (C=O) groups excluding carboxylic acids is 2. The van der Waals surface area contributed by atoms with Gasteiger partial charge < -0.3 is 19.1 Å². The third-order valence-corrected chi connectivity index (χ3v) is 6.82. The van der Waals surface area contributed by atoms with Crippen LogP contribution in [0.3, 0.4) is 0 Å². The van der Waals surface area contributed by atoms with Crippen LogP contribution in [-0.4, -0.2) is 52.4 Å². The van der Waals surface area contributed by atoms with Crippen molar-refractivity contribution in [2.24, 2.45) is 5.92 Å². The van der Waals surface area contributed by atoms with Gasteiger partial charge in [0.1, 0.15) is 18.3 Å². The Balaban J connectivity index is 1.44. The van der Waals surface area contributed by atoms with Gasteiger partial charge in [-0.2, -0.15) is 0 Å². The first-order valence-electron chi connectivity index (χ1n) is 11.0. The van der Waals surface area contributed by atoms with Crippen LogP contribution in [0.1, 0.15) is 49.4 Å². The van der Waals surface area contributed by atoms with Gasteiger partial charge in [0, 0.05) is 42.5 Å². The highest BCUT2D eigenvalue weighted by Crippen LogP contribution is 2.38. The topological polar surface area (TPSA) is 54.8 Å². The highest BCUT2D eigenvalue weighted by molar-refractivity contribution is 5.87. The van der Waals surface area contributed by atoms with Gasteiger partial charge >= 0.3 is 0 Å². The lowest BCUT2D eigenvalue weighted by Crippen LogP contribution is -2.50. The second kappa shape index (κ2) is 7.82. The number of para-hydroxylation sites is 1. The molecular weight excluding hydrogens is 378 g/mol. The number of hydrogen-bond donors (Lipinski definition) is 0. The maximum atomic E-state index is 13.6. The number of aromatic nitrogens is 1. The Kier molecular flexibility index (Phi) is 5.01. The van der Waals surface area contributed by atoms with Crippen LogP contribution in [0.2, 0.25) is 0 Å². The first-order valence-corrected chi connectivity index (χ1v) is 11.0. The molecule has 1 atom stereocenters. The zero-order valence-electron chi connectivity index (χ0n) is 17.5. The van der Waals surface area contributed by atoms with E-state index in [0.29, 0.717) is 6.54 Å². The molecule has 2 aliphatic carbocycles. The number of nitrogens with zero attached hydrogens (tertiary/aromatic N) is 3. The van der Waals surface area contributed by atoms with E-state index in [1.54, 1.807) is 7.11 Å². The van der Waals surface area contributed by atoms with Gasteiger partial charge in [0.25, 0.3) is 0 Å². The van der Waals surface area contributed by atoms with Crippen LogP contribution in [0.25, 0.3) is 0 Å². The van der Waals surface area contributed by atoms with Crippen LogP contribution < -0.4 is 4.74 Å². The molecule has 1 aromatic heterocycles. The van der Waals surface area contributed by atoms with Crippen molar-refractivity contribution in [3.05, 3.63) is 53.9 Å². The molecule has 0 radical (unpaired) electrons. The molecule has 30 heavy (non-hydrogen) atoms. The lowest BCUT2D eigenvalue weighted by molar-refractivity contribution is -0.146. The van der Waals surface area contributed by atoms with Gasteiger partial charge in [-0.3, -0.25) is 9.59 Å². The van der Waals surface area contributed by atoms with Crippen molar-refractivity contribution < 1.29 is 14.3 Å². The van der Waals surface area contributed by atoms with Crippen LogP contribution >= 0.6 is 0 Å². The van der Waals surface area contributed by atoms with Crippen molar-refractivity contribution in [1.82, 2.24) is 14.4 Å². The van der Waals surface area contributed by atoms with Crippen molar-refractivity contribution in [3.8, 4) is 5.75 Å². The lowest BCUT2D eigenvalue weighted by Gasteiger charge is -2.39. The summed E-state index contributed by atoms with van der Waals surface area (Å²) in [5.74, 6) is 1.12. The predicted octanol–water partition coefficient (Wildman–Crippen LogP) is 3.22. The van der Waals surface area contributed by atoms with Crippen molar-refractivity contribution in [2.45, 2.75) is 50.7 Å². The highest BCUT2D eigenvalue weighted by atomic mass is 16.5. The summed E-state index contributed by atoms with van der Waals surface area (Å²) in [4.78, 5) is 30.4.